The lowest BCUT2D eigenvalue weighted by molar-refractivity contribution is -0.127. The number of benzene rings is 1. The molecule has 0 bridgehead atoms. The van der Waals surface area contributed by atoms with E-state index in [1.807, 2.05) is 6.07 Å². The highest BCUT2D eigenvalue weighted by Gasteiger charge is 2.05. The van der Waals surface area contributed by atoms with Gasteiger partial charge in [0.25, 0.3) is 0 Å². The first kappa shape index (κ1) is 11.1. The molecule has 0 aliphatic heterocycles. The number of amides is 1. The lowest BCUT2D eigenvalue weighted by atomic mass is 10.1. The molecular formula is C11H12N2O2. The predicted molar refractivity (Wildman–Crippen MR) is 56.6 cm³/mol. The maximum Gasteiger partial charge on any atom is 0.240 e. The number of carbonyl (C=O) groups excluding carboxylic acids is 2. The van der Waals surface area contributed by atoms with E-state index in [1.54, 1.807) is 32.3 Å². The number of aliphatic imine (C=N–C) groups is 1. The number of rotatable bonds is 3. The predicted octanol–water partition coefficient (Wildman–Crippen LogP) is 1.28. The Bertz CT molecular complexity index is 407. The highest BCUT2D eigenvalue weighted by atomic mass is 16.2. The van der Waals surface area contributed by atoms with Gasteiger partial charge in [-0.2, -0.15) is 4.99 Å². The van der Waals surface area contributed by atoms with E-state index in [-0.39, 0.29) is 5.91 Å². The molecule has 1 rings (SSSR count). The summed E-state index contributed by atoms with van der Waals surface area (Å²) in [6, 6.07) is 6.97. The average molecular weight is 204 g/mol. The van der Waals surface area contributed by atoms with Crippen molar-refractivity contribution in [3.05, 3.63) is 29.8 Å². The van der Waals surface area contributed by atoms with Crippen LogP contribution in [0.1, 0.15) is 5.56 Å². The summed E-state index contributed by atoms with van der Waals surface area (Å²) in [6.45, 7) is 0. The van der Waals surface area contributed by atoms with Crippen molar-refractivity contribution >= 4 is 17.7 Å². The van der Waals surface area contributed by atoms with E-state index < -0.39 is 0 Å². The first-order valence-electron chi connectivity index (χ1n) is 4.50. The lowest BCUT2D eigenvalue weighted by Crippen LogP contribution is -2.23. The molecule has 0 fully saturated rings. The number of carbonyl (C=O) groups is 1. The third-order valence-corrected chi connectivity index (χ3v) is 1.94. The highest BCUT2D eigenvalue weighted by molar-refractivity contribution is 5.78. The number of hydrogen-bond donors (Lipinski definition) is 0. The van der Waals surface area contributed by atoms with Gasteiger partial charge < -0.3 is 4.90 Å². The van der Waals surface area contributed by atoms with Crippen LogP contribution in [0.5, 0.6) is 0 Å². The molecule has 1 amide bonds. The topological polar surface area (TPSA) is 49.7 Å². The van der Waals surface area contributed by atoms with Crippen LogP contribution in [-0.2, 0) is 16.0 Å². The fourth-order valence-corrected chi connectivity index (χ4v) is 1.12. The number of hydrogen-bond acceptors (Lipinski definition) is 3. The summed E-state index contributed by atoms with van der Waals surface area (Å²) in [5.41, 5.74) is 1.36. The third-order valence-electron chi connectivity index (χ3n) is 1.94. The first-order chi connectivity index (χ1) is 7.13. The summed E-state index contributed by atoms with van der Waals surface area (Å²) < 4.78 is 0. The van der Waals surface area contributed by atoms with E-state index in [1.165, 1.54) is 11.0 Å². The molecule has 0 unspecified atom stereocenters. The minimum Gasteiger partial charge on any atom is -0.349 e. The maximum absolute atomic E-state index is 11.4. The fourth-order valence-electron chi connectivity index (χ4n) is 1.12. The molecule has 0 spiro atoms. The van der Waals surface area contributed by atoms with Crippen LogP contribution in [0, 0.1) is 0 Å². The smallest absolute Gasteiger partial charge is 0.240 e. The molecule has 4 nitrogen and oxygen atoms in total. The third kappa shape index (κ3) is 3.37. The Morgan fingerprint density at radius 3 is 2.80 bits per heavy atom. The van der Waals surface area contributed by atoms with E-state index >= 15 is 0 Å². The molecule has 0 saturated heterocycles. The Balaban J connectivity index is 2.82. The number of isocyanates is 1. The average Bonchev–Trinajstić information content (AvgIpc) is 2.18. The summed E-state index contributed by atoms with van der Waals surface area (Å²) in [6.07, 6.45) is 1.78. The van der Waals surface area contributed by atoms with Gasteiger partial charge >= 0.3 is 0 Å². The van der Waals surface area contributed by atoms with E-state index in [0.29, 0.717) is 12.1 Å². The van der Waals surface area contributed by atoms with Crippen LogP contribution in [0.15, 0.2) is 29.3 Å². The van der Waals surface area contributed by atoms with E-state index in [4.69, 9.17) is 0 Å². The Hall–Kier alpha value is -1.93. The number of likely N-dealkylation sites (N-methyl/N-ethyl adjacent to an activating group) is 1. The van der Waals surface area contributed by atoms with Crippen molar-refractivity contribution in [2.75, 3.05) is 14.1 Å². The second kappa shape index (κ2) is 5.08. The fraction of sp³-hybridized carbons (Fsp3) is 0.273. The SMILES string of the molecule is CN(C)C(=O)Cc1cccc(N=C=O)c1. The zero-order valence-electron chi connectivity index (χ0n) is 8.73. The van der Waals surface area contributed by atoms with Gasteiger partial charge in [0.15, 0.2) is 0 Å². The van der Waals surface area contributed by atoms with Gasteiger partial charge in [0.05, 0.1) is 12.1 Å². The molecule has 0 aromatic heterocycles. The van der Waals surface area contributed by atoms with E-state index in [2.05, 4.69) is 4.99 Å². The van der Waals surface area contributed by atoms with Gasteiger partial charge in [0.2, 0.25) is 12.0 Å². The second-order valence-corrected chi connectivity index (χ2v) is 3.34. The molecule has 15 heavy (non-hydrogen) atoms. The Labute approximate surface area is 88.2 Å². The Morgan fingerprint density at radius 2 is 2.20 bits per heavy atom. The van der Waals surface area contributed by atoms with E-state index in [0.717, 1.165) is 5.56 Å². The van der Waals surface area contributed by atoms with Crippen molar-refractivity contribution in [3.8, 4) is 0 Å². The molecule has 0 atom stereocenters. The summed E-state index contributed by atoms with van der Waals surface area (Å²) in [7, 11) is 3.41. The van der Waals surface area contributed by atoms with Gasteiger partial charge in [0.1, 0.15) is 0 Å². The Kier molecular flexibility index (Phi) is 3.77. The van der Waals surface area contributed by atoms with Crippen LogP contribution < -0.4 is 0 Å². The molecule has 1 aromatic carbocycles. The van der Waals surface area contributed by atoms with Crippen LogP contribution in [0.4, 0.5) is 5.69 Å². The Morgan fingerprint density at radius 1 is 1.47 bits per heavy atom. The largest absolute Gasteiger partial charge is 0.349 e. The molecule has 0 radical (unpaired) electrons. The van der Waals surface area contributed by atoms with Gasteiger partial charge in [-0.05, 0) is 17.7 Å². The quantitative estimate of drug-likeness (QED) is 0.550. The van der Waals surface area contributed by atoms with Gasteiger partial charge in [-0.1, -0.05) is 12.1 Å². The van der Waals surface area contributed by atoms with E-state index in [9.17, 15) is 9.59 Å². The standard InChI is InChI=1S/C11H12N2O2/c1-13(2)11(15)7-9-4-3-5-10(6-9)12-8-14/h3-6H,7H2,1-2H3. The zero-order valence-corrected chi connectivity index (χ0v) is 8.73. The van der Waals surface area contributed by atoms with Crippen molar-refractivity contribution in [2.45, 2.75) is 6.42 Å². The van der Waals surface area contributed by atoms with Crippen LogP contribution in [0.25, 0.3) is 0 Å². The summed E-state index contributed by atoms with van der Waals surface area (Å²) in [5, 5.41) is 0. The summed E-state index contributed by atoms with van der Waals surface area (Å²) in [4.78, 5) is 26.5. The van der Waals surface area contributed by atoms with Crippen molar-refractivity contribution < 1.29 is 9.59 Å². The van der Waals surface area contributed by atoms with Gasteiger partial charge in [-0.25, -0.2) is 4.79 Å². The van der Waals surface area contributed by atoms with Gasteiger partial charge in [-0.15, -0.1) is 0 Å². The molecular weight excluding hydrogens is 192 g/mol. The monoisotopic (exact) mass is 204 g/mol. The van der Waals surface area contributed by atoms with Crippen LogP contribution in [0.2, 0.25) is 0 Å². The molecule has 0 aliphatic carbocycles. The first-order valence-corrected chi connectivity index (χ1v) is 4.50. The summed E-state index contributed by atoms with van der Waals surface area (Å²) in [5.74, 6) is 0.0160. The van der Waals surface area contributed by atoms with Crippen molar-refractivity contribution in [1.82, 2.24) is 4.90 Å². The van der Waals surface area contributed by atoms with Crippen LogP contribution >= 0.6 is 0 Å². The molecule has 78 valence electrons. The molecule has 0 saturated carbocycles. The highest BCUT2D eigenvalue weighted by Crippen LogP contribution is 2.13. The van der Waals surface area contributed by atoms with Crippen LogP contribution in [-0.4, -0.2) is 31.0 Å². The minimum atomic E-state index is 0.0160. The molecule has 0 N–H and O–H groups in total. The maximum atomic E-state index is 11.4. The van der Waals surface area contributed by atoms with Crippen molar-refractivity contribution in [3.63, 3.8) is 0 Å². The number of nitrogens with zero attached hydrogens (tertiary/aromatic N) is 2. The normalized spacial score (nSPS) is 9.20. The zero-order chi connectivity index (χ0) is 11.3. The van der Waals surface area contributed by atoms with Crippen LogP contribution in [0.3, 0.4) is 0 Å². The molecule has 1 aromatic rings. The minimum absolute atomic E-state index is 0.0160. The molecule has 0 heterocycles. The molecule has 4 heteroatoms. The molecule has 0 aliphatic rings. The lowest BCUT2D eigenvalue weighted by Gasteiger charge is -2.09. The van der Waals surface area contributed by atoms with Gasteiger partial charge in [0, 0.05) is 14.1 Å². The summed E-state index contributed by atoms with van der Waals surface area (Å²) >= 11 is 0. The second-order valence-electron chi connectivity index (χ2n) is 3.34. The van der Waals surface area contributed by atoms with Gasteiger partial charge in [-0.3, -0.25) is 4.79 Å². The van der Waals surface area contributed by atoms with Crippen molar-refractivity contribution in [1.29, 1.82) is 0 Å². The van der Waals surface area contributed by atoms with Crippen molar-refractivity contribution in [2.24, 2.45) is 4.99 Å².